The molecule has 0 heterocycles. The third kappa shape index (κ3) is 5.41. The maximum absolute atomic E-state index is 13.1. The van der Waals surface area contributed by atoms with Gasteiger partial charge < -0.3 is 10.4 Å². The Morgan fingerprint density at radius 2 is 1.80 bits per heavy atom. The third-order valence-electron chi connectivity index (χ3n) is 4.09. The zero-order valence-corrected chi connectivity index (χ0v) is 15.7. The first kappa shape index (κ1) is 19.2. The van der Waals surface area contributed by atoms with Gasteiger partial charge in [0.2, 0.25) is 5.91 Å². The van der Waals surface area contributed by atoms with Gasteiger partial charge in [0.25, 0.3) is 0 Å². The maximum atomic E-state index is 13.1. The largest absolute Gasteiger partial charge is 0.389 e. The molecule has 0 aromatic heterocycles. The summed E-state index contributed by atoms with van der Waals surface area (Å²) in [5.41, 5.74) is 2.96. The fourth-order valence-corrected chi connectivity index (χ4v) is 3.01. The fourth-order valence-electron chi connectivity index (χ4n) is 3.01. The van der Waals surface area contributed by atoms with E-state index in [0.29, 0.717) is 6.54 Å². The lowest BCUT2D eigenvalue weighted by molar-refractivity contribution is -0.122. The number of aliphatic hydroxyl groups is 1. The highest BCUT2D eigenvalue weighted by Crippen LogP contribution is 2.25. The van der Waals surface area contributed by atoms with Crippen LogP contribution in [0.3, 0.4) is 0 Å². The quantitative estimate of drug-likeness (QED) is 0.843. The van der Waals surface area contributed by atoms with Gasteiger partial charge in [-0.15, -0.1) is 0 Å². The van der Waals surface area contributed by atoms with Crippen LogP contribution >= 0.6 is 0 Å². The average Bonchev–Trinajstić information content (AvgIpc) is 2.50. The van der Waals surface area contributed by atoms with Crippen LogP contribution < -0.4 is 5.32 Å². The predicted octanol–water partition coefficient (Wildman–Crippen LogP) is 3.69. The van der Waals surface area contributed by atoms with E-state index < -0.39 is 11.6 Å². The van der Waals surface area contributed by atoms with Crippen LogP contribution in [0.15, 0.2) is 48.5 Å². The first-order valence-electron chi connectivity index (χ1n) is 8.53. The summed E-state index contributed by atoms with van der Waals surface area (Å²) in [6, 6.07) is 15.2. The Kier molecular flexibility index (Phi) is 5.98. The van der Waals surface area contributed by atoms with Crippen molar-refractivity contribution in [1.29, 1.82) is 0 Å². The van der Waals surface area contributed by atoms with Gasteiger partial charge in [0, 0.05) is 12.2 Å². The molecule has 0 spiro atoms. The molecule has 2 aromatic carbocycles. The van der Waals surface area contributed by atoms with Gasteiger partial charge in [-0.3, -0.25) is 9.69 Å². The summed E-state index contributed by atoms with van der Waals surface area (Å²) < 4.78 is 0. The van der Waals surface area contributed by atoms with Crippen LogP contribution in [0.4, 0.5) is 5.69 Å². The molecule has 2 N–H and O–H groups in total. The predicted molar refractivity (Wildman–Crippen MR) is 103 cm³/mol. The van der Waals surface area contributed by atoms with Gasteiger partial charge in [0.05, 0.1) is 5.60 Å². The SMILES string of the molecule is Cc1ccc(C)c(NC(=O)C(c2ccccc2)N(C)CC(C)(C)O)c1. The van der Waals surface area contributed by atoms with Crippen molar-refractivity contribution in [3.8, 4) is 0 Å². The molecule has 1 atom stereocenters. The van der Waals surface area contributed by atoms with Crippen molar-refractivity contribution in [3.05, 3.63) is 65.2 Å². The highest BCUT2D eigenvalue weighted by atomic mass is 16.3. The van der Waals surface area contributed by atoms with Crippen molar-refractivity contribution in [2.75, 3.05) is 18.9 Å². The van der Waals surface area contributed by atoms with Crippen LogP contribution in [-0.4, -0.2) is 35.1 Å². The number of nitrogens with one attached hydrogen (secondary N) is 1. The molecule has 134 valence electrons. The number of carbonyl (C=O) groups is 1. The number of anilines is 1. The summed E-state index contributed by atoms with van der Waals surface area (Å²) in [4.78, 5) is 15.0. The van der Waals surface area contributed by atoms with Crippen LogP contribution in [0.25, 0.3) is 0 Å². The second kappa shape index (κ2) is 7.81. The number of amides is 1. The molecule has 2 rings (SSSR count). The Labute approximate surface area is 150 Å². The van der Waals surface area contributed by atoms with Crippen molar-refractivity contribution >= 4 is 11.6 Å². The minimum atomic E-state index is -0.888. The van der Waals surface area contributed by atoms with Crippen LogP contribution in [0.2, 0.25) is 0 Å². The molecule has 4 heteroatoms. The molecule has 0 saturated carbocycles. The lowest BCUT2D eigenvalue weighted by Crippen LogP contribution is -2.42. The number of rotatable bonds is 6. The zero-order valence-electron chi connectivity index (χ0n) is 15.7. The molecule has 2 aromatic rings. The van der Waals surface area contributed by atoms with E-state index in [1.807, 2.05) is 74.3 Å². The average molecular weight is 340 g/mol. The van der Waals surface area contributed by atoms with E-state index in [1.165, 1.54) is 0 Å². The Morgan fingerprint density at radius 3 is 2.40 bits per heavy atom. The minimum Gasteiger partial charge on any atom is -0.389 e. The third-order valence-corrected chi connectivity index (χ3v) is 4.09. The molecular weight excluding hydrogens is 312 g/mol. The van der Waals surface area contributed by atoms with Crippen LogP contribution in [0.1, 0.15) is 36.6 Å². The molecule has 0 bridgehead atoms. The van der Waals surface area contributed by atoms with E-state index in [1.54, 1.807) is 13.8 Å². The van der Waals surface area contributed by atoms with Gasteiger partial charge in [-0.1, -0.05) is 42.5 Å². The highest BCUT2D eigenvalue weighted by molar-refractivity contribution is 5.96. The molecule has 4 nitrogen and oxygen atoms in total. The number of carbonyl (C=O) groups excluding carboxylic acids is 1. The van der Waals surface area contributed by atoms with E-state index >= 15 is 0 Å². The van der Waals surface area contributed by atoms with E-state index in [4.69, 9.17) is 0 Å². The van der Waals surface area contributed by atoms with Crippen molar-refractivity contribution in [1.82, 2.24) is 4.90 Å². The first-order valence-corrected chi connectivity index (χ1v) is 8.53. The number of hydrogen-bond acceptors (Lipinski definition) is 3. The molecule has 1 unspecified atom stereocenters. The second-order valence-electron chi connectivity index (χ2n) is 7.35. The zero-order chi connectivity index (χ0) is 18.6. The van der Waals surface area contributed by atoms with Gasteiger partial charge in [-0.2, -0.15) is 0 Å². The highest BCUT2D eigenvalue weighted by Gasteiger charge is 2.29. The Balaban J connectivity index is 2.31. The van der Waals surface area contributed by atoms with E-state index in [-0.39, 0.29) is 5.91 Å². The number of likely N-dealkylation sites (N-methyl/N-ethyl adjacent to an activating group) is 1. The Hall–Kier alpha value is -2.17. The first-order chi connectivity index (χ1) is 11.7. The number of benzene rings is 2. The van der Waals surface area contributed by atoms with Crippen LogP contribution in [-0.2, 0) is 4.79 Å². The molecule has 0 radical (unpaired) electrons. The number of nitrogens with zero attached hydrogens (tertiary/aromatic N) is 1. The van der Waals surface area contributed by atoms with E-state index in [2.05, 4.69) is 5.32 Å². The number of hydrogen-bond donors (Lipinski definition) is 2. The lowest BCUT2D eigenvalue weighted by Gasteiger charge is -2.32. The van der Waals surface area contributed by atoms with Crippen molar-refractivity contribution in [3.63, 3.8) is 0 Å². The molecular formula is C21H28N2O2. The van der Waals surface area contributed by atoms with Crippen molar-refractivity contribution in [2.45, 2.75) is 39.3 Å². The molecule has 0 saturated heterocycles. The van der Waals surface area contributed by atoms with Crippen LogP contribution in [0.5, 0.6) is 0 Å². The van der Waals surface area contributed by atoms with Gasteiger partial charge in [-0.25, -0.2) is 0 Å². The fraction of sp³-hybridized carbons (Fsp3) is 0.381. The van der Waals surface area contributed by atoms with Gasteiger partial charge in [-0.05, 0) is 57.5 Å². The lowest BCUT2D eigenvalue weighted by atomic mass is 10.0. The van der Waals surface area contributed by atoms with E-state index in [0.717, 1.165) is 22.4 Å². The van der Waals surface area contributed by atoms with E-state index in [9.17, 15) is 9.90 Å². The summed E-state index contributed by atoms with van der Waals surface area (Å²) in [5.74, 6) is -0.105. The topological polar surface area (TPSA) is 52.6 Å². The number of aryl methyl sites for hydroxylation is 2. The molecule has 0 aliphatic rings. The molecule has 25 heavy (non-hydrogen) atoms. The normalized spacial score (nSPS) is 12.9. The second-order valence-corrected chi connectivity index (χ2v) is 7.35. The minimum absolute atomic E-state index is 0.105. The van der Waals surface area contributed by atoms with Gasteiger partial charge >= 0.3 is 0 Å². The Morgan fingerprint density at radius 1 is 1.16 bits per heavy atom. The molecule has 1 amide bonds. The standard InChI is InChI=1S/C21H28N2O2/c1-15-11-12-16(2)18(13-15)22-20(24)19(17-9-7-6-8-10-17)23(5)14-21(3,4)25/h6-13,19,25H,14H2,1-5H3,(H,22,24). The summed E-state index contributed by atoms with van der Waals surface area (Å²) in [5, 5.41) is 13.2. The summed E-state index contributed by atoms with van der Waals surface area (Å²) in [6.07, 6.45) is 0. The summed E-state index contributed by atoms with van der Waals surface area (Å²) >= 11 is 0. The molecule has 0 aliphatic carbocycles. The molecule has 0 fully saturated rings. The van der Waals surface area contributed by atoms with Gasteiger partial charge in [0.1, 0.15) is 6.04 Å². The van der Waals surface area contributed by atoms with Crippen molar-refractivity contribution in [2.24, 2.45) is 0 Å². The summed E-state index contributed by atoms with van der Waals surface area (Å²) in [6.45, 7) is 7.85. The van der Waals surface area contributed by atoms with Crippen LogP contribution in [0, 0.1) is 13.8 Å². The Bertz CT molecular complexity index is 720. The van der Waals surface area contributed by atoms with Gasteiger partial charge in [0.15, 0.2) is 0 Å². The monoisotopic (exact) mass is 340 g/mol. The smallest absolute Gasteiger partial charge is 0.246 e. The molecule has 0 aliphatic heterocycles. The summed E-state index contributed by atoms with van der Waals surface area (Å²) in [7, 11) is 1.86. The van der Waals surface area contributed by atoms with Crippen molar-refractivity contribution < 1.29 is 9.90 Å². The maximum Gasteiger partial charge on any atom is 0.246 e.